The van der Waals surface area contributed by atoms with Gasteiger partial charge in [0.15, 0.2) is 5.84 Å². The van der Waals surface area contributed by atoms with Crippen molar-refractivity contribution in [2.24, 2.45) is 21.2 Å². The van der Waals surface area contributed by atoms with Crippen molar-refractivity contribution in [3.8, 4) is 0 Å². The molecule has 80 valence electrons. The average Bonchev–Trinajstić information content (AvgIpc) is 2.21. The molecule has 4 nitrogen and oxygen atoms in total. The number of rotatable bonds is 2. The lowest BCUT2D eigenvalue weighted by Gasteiger charge is -2.06. The number of amidine groups is 1. The lowest BCUT2D eigenvalue weighted by atomic mass is 10.1. The second-order valence-electron chi connectivity index (χ2n) is 3.20. The predicted molar refractivity (Wildman–Crippen MR) is 65.1 cm³/mol. The Labute approximate surface area is 97.4 Å². The zero-order valence-electron chi connectivity index (χ0n) is 8.95. The Morgan fingerprint density at radius 3 is 2.27 bits per heavy atom. The molecule has 0 amide bonds. The van der Waals surface area contributed by atoms with Gasteiger partial charge in [0, 0.05) is 10.0 Å². The molecule has 0 aliphatic rings. The van der Waals surface area contributed by atoms with E-state index in [0.29, 0.717) is 5.84 Å². The highest BCUT2D eigenvalue weighted by molar-refractivity contribution is 9.10. The predicted octanol–water partition coefficient (Wildman–Crippen LogP) is 2.77. The minimum Gasteiger partial charge on any atom is -0.382 e. The minimum absolute atomic E-state index is 0.374. The van der Waals surface area contributed by atoms with Crippen molar-refractivity contribution < 1.29 is 0 Å². The van der Waals surface area contributed by atoms with E-state index in [-0.39, 0.29) is 0 Å². The van der Waals surface area contributed by atoms with Crippen molar-refractivity contribution in [1.29, 1.82) is 0 Å². The number of hydrogen-bond donors (Lipinski definition) is 1. The first-order chi connectivity index (χ1) is 7.06. The number of hydrogen-bond acceptors (Lipinski definition) is 2. The van der Waals surface area contributed by atoms with Gasteiger partial charge in [0.25, 0.3) is 0 Å². The summed E-state index contributed by atoms with van der Waals surface area (Å²) in [5.41, 5.74) is 8.86. The van der Waals surface area contributed by atoms with Gasteiger partial charge in [-0.25, -0.2) is 0 Å². The van der Waals surface area contributed by atoms with Crippen LogP contribution in [0.15, 0.2) is 32.0 Å². The van der Waals surface area contributed by atoms with Gasteiger partial charge in [0.1, 0.15) is 0 Å². The molecule has 0 bridgehead atoms. The molecule has 15 heavy (non-hydrogen) atoms. The summed E-state index contributed by atoms with van der Waals surface area (Å²) in [6.45, 7) is 4.02. The number of aryl methyl sites for hydroxylation is 2. The standard InChI is InChI=1S/C10H13BrN4/c1-6-4-8(5-7(2)9(6)11)10(12)14-15-13-3/h4-5H,1-3H3,(H2,12,13,14). The fourth-order valence-corrected chi connectivity index (χ4v) is 1.47. The average molecular weight is 269 g/mol. The van der Waals surface area contributed by atoms with Crippen LogP contribution in [-0.4, -0.2) is 12.9 Å². The fourth-order valence-electron chi connectivity index (χ4n) is 1.24. The molecule has 0 atom stereocenters. The molecule has 1 aromatic rings. The maximum atomic E-state index is 5.75. The highest BCUT2D eigenvalue weighted by atomic mass is 79.9. The maximum absolute atomic E-state index is 5.75. The van der Waals surface area contributed by atoms with E-state index in [0.717, 1.165) is 21.2 Å². The Kier molecular flexibility index (Phi) is 3.96. The van der Waals surface area contributed by atoms with Crippen LogP contribution in [-0.2, 0) is 0 Å². The molecule has 0 spiro atoms. The molecule has 0 radical (unpaired) electrons. The third kappa shape index (κ3) is 2.86. The van der Waals surface area contributed by atoms with E-state index in [1.165, 1.54) is 0 Å². The molecule has 5 heteroatoms. The lowest BCUT2D eigenvalue weighted by Crippen LogP contribution is -2.13. The molecular weight excluding hydrogens is 256 g/mol. The summed E-state index contributed by atoms with van der Waals surface area (Å²) in [5, 5.41) is 10.8. The summed E-state index contributed by atoms with van der Waals surface area (Å²) in [7, 11) is 1.55. The molecular formula is C10H13BrN4. The summed E-state index contributed by atoms with van der Waals surface area (Å²) in [6.07, 6.45) is 0. The van der Waals surface area contributed by atoms with E-state index in [1.54, 1.807) is 7.05 Å². The number of nitrogens with zero attached hydrogens (tertiary/aromatic N) is 3. The molecule has 0 saturated heterocycles. The summed E-state index contributed by atoms with van der Waals surface area (Å²) < 4.78 is 1.09. The molecule has 0 aromatic heterocycles. The van der Waals surface area contributed by atoms with Gasteiger partial charge in [-0.3, -0.25) is 0 Å². The van der Waals surface area contributed by atoms with E-state index in [9.17, 15) is 0 Å². The van der Waals surface area contributed by atoms with Crippen LogP contribution in [0.5, 0.6) is 0 Å². The van der Waals surface area contributed by atoms with E-state index >= 15 is 0 Å². The first-order valence-corrected chi connectivity index (χ1v) is 5.25. The van der Waals surface area contributed by atoms with Gasteiger partial charge in [-0.1, -0.05) is 15.9 Å². The molecule has 1 rings (SSSR count). The van der Waals surface area contributed by atoms with Crippen molar-refractivity contribution in [2.45, 2.75) is 13.8 Å². The number of benzene rings is 1. The Bertz CT molecular complexity index is 400. The van der Waals surface area contributed by atoms with Gasteiger partial charge >= 0.3 is 0 Å². The minimum atomic E-state index is 0.374. The zero-order valence-corrected chi connectivity index (χ0v) is 10.5. The first kappa shape index (κ1) is 11.8. The van der Waals surface area contributed by atoms with Gasteiger partial charge in [-0.15, -0.1) is 5.10 Å². The van der Waals surface area contributed by atoms with E-state index in [1.807, 2.05) is 26.0 Å². The molecule has 0 aliphatic heterocycles. The largest absolute Gasteiger partial charge is 0.382 e. The van der Waals surface area contributed by atoms with Crippen LogP contribution in [0.3, 0.4) is 0 Å². The topological polar surface area (TPSA) is 63.1 Å². The van der Waals surface area contributed by atoms with Gasteiger partial charge in [-0.2, -0.15) is 5.11 Å². The summed E-state index contributed by atoms with van der Waals surface area (Å²) >= 11 is 3.49. The molecule has 0 heterocycles. The summed E-state index contributed by atoms with van der Waals surface area (Å²) in [4.78, 5) is 0. The smallest absolute Gasteiger partial charge is 0.155 e. The Hall–Kier alpha value is -1.23. The quantitative estimate of drug-likeness (QED) is 0.381. The molecule has 2 N–H and O–H groups in total. The van der Waals surface area contributed by atoms with Crippen LogP contribution in [0.25, 0.3) is 0 Å². The van der Waals surface area contributed by atoms with Crippen LogP contribution in [0.1, 0.15) is 16.7 Å². The highest BCUT2D eigenvalue weighted by Crippen LogP contribution is 2.22. The zero-order chi connectivity index (χ0) is 11.4. The number of nitrogens with two attached hydrogens (primary N) is 1. The van der Waals surface area contributed by atoms with Crippen molar-refractivity contribution in [2.75, 3.05) is 7.05 Å². The van der Waals surface area contributed by atoms with Crippen molar-refractivity contribution in [3.05, 3.63) is 33.3 Å². The Morgan fingerprint density at radius 2 is 1.80 bits per heavy atom. The van der Waals surface area contributed by atoms with Crippen molar-refractivity contribution >= 4 is 21.8 Å². The van der Waals surface area contributed by atoms with Gasteiger partial charge in [-0.05, 0) is 42.3 Å². The van der Waals surface area contributed by atoms with Crippen LogP contribution in [0.4, 0.5) is 0 Å². The third-order valence-corrected chi connectivity index (χ3v) is 3.22. The van der Waals surface area contributed by atoms with Crippen LogP contribution < -0.4 is 5.73 Å². The second kappa shape index (κ2) is 5.02. The van der Waals surface area contributed by atoms with Crippen LogP contribution in [0.2, 0.25) is 0 Å². The Balaban J connectivity index is 3.17. The summed E-state index contributed by atoms with van der Waals surface area (Å²) in [5.74, 6) is 0.374. The van der Waals surface area contributed by atoms with Gasteiger partial charge in [0.2, 0.25) is 0 Å². The van der Waals surface area contributed by atoms with E-state index in [2.05, 4.69) is 31.4 Å². The molecule has 0 aliphatic carbocycles. The molecule has 0 fully saturated rings. The fraction of sp³-hybridized carbons (Fsp3) is 0.300. The van der Waals surface area contributed by atoms with Crippen LogP contribution in [0, 0.1) is 13.8 Å². The lowest BCUT2D eigenvalue weighted by molar-refractivity contribution is 1.01. The van der Waals surface area contributed by atoms with Gasteiger partial charge in [0.05, 0.1) is 7.05 Å². The molecule has 0 saturated carbocycles. The highest BCUT2D eigenvalue weighted by Gasteiger charge is 2.04. The maximum Gasteiger partial charge on any atom is 0.155 e. The Morgan fingerprint density at radius 1 is 1.27 bits per heavy atom. The third-order valence-electron chi connectivity index (χ3n) is 1.97. The second-order valence-corrected chi connectivity index (χ2v) is 3.99. The monoisotopic (exact) mass is 268 g/mol. The normalized spacial score (nSPS) is 12.4. The van der Waals surface area contributed by atoms with Crippen LogP contribution >= 0.6 is 15.9 Å². The van der Waals surface area contributed by atoms with Crippen molar-refractivity contribution in [1.82, 2.24) is 0 Å². The summed E-state index contributed by atoms with van der Waals surface area (Å²) in [6, 6.07) is 3.92. The molecule has 1 aromatic carbocycles. The SMILES string of the molecule is CN=N/N=C(\N)c1cc(C)c(Br)c(C)c1. The van der Waals surface area contributed by atoms with Gasteiger partial charge < -0.3 is 5.73 Å². The van der Waals surface area contributed by atoms with Crippen molar-refractivity contribution in [3.63, 3.8) is 0 Å². The van der Waals surface area contributed by atoms with E-state index in [4.69, 9.17) is 5.73 Å². The molecule has 0 unspecified atom stereocenters. The number of halogens is 1. The first-order valence-electron chi connectivity index (χ1n) is 4.45. The van der Waals surface area contributed by atoms with E-state index < -0.39 is 0 Å².